The van der Waals surface area contributed by atoms with E-state index < -0.39 is 10.0 Å². The first-order valence-electron chi connectivity index (χ1n) is 6.75. The minimum atomic E-state index is -3.34. The second-order valence-corrected chi connectivity index (χ2v) is 8.63. The maximum absolute atomic E-state index is 12.1. The highest BCUT2D eigenvalue weighted by molar-refractivity contribution is 7.98. The van der Waals surface area contributed by atoms with Gasteiger partial charge >= 0.3 is 0 Å². The van der Waals surface area contributed by atoms with Crippen molar-refractivity contribution in [2.75, 3.05) is 18.6 Å². The molecule has 0 bridgehead atoms. The highest BCUT2D eigenvalue weighted by Crippen LogP contribution is 2.19. The monoisotopic (exact) mass is 336 g/mol. The van der Waals surface area contributed by atoms with Crippen LogP contribution in [0, 0.1) is 0 Å². The SMILES string of the molecule is CSCCCCNS(=O)(=O)c1csc(CNC(C)C)c1. The number of sulfonamides is 1. The van der Waals surface area contributed by atoms with Crippen LogP contribution in [0.15, 0.2) is 16.3 Å². The van der Waals surface area contributed by atoms with Gasteiger partial charge in [0.25, 0.3) is 0 Å². The number of rotatable bonds is 10. The molecule has 0 aliphatic carbocycles. The number of nitrogens with one attached hydrogen (secondary N) is 2. The lowest BCUT2D eigenvalue weighted by atomic mass is 10.3. The van der Waals surface area contributed by atoms with E-state index in [1.165, 1.54) is 11.3 Å². The smallest absolute Gasteiger partial charge is 0.241 e. The van der Waals surface area contributed by atoms with Crippen molar-refractivity contribution in [1.29, 1.82) is 0 Å². The molecule has 1 rings (SSSR count). The molecule has 1 aromatic rings. The van der Waals surface area contributed by atoms with Crippen molar-refractivity contribution >= 4 is 33.1 Å². The van der Waals surface area contributed by atoms with Crippen molar-refractivity contribution in [3.05, 3.63) is 16.3 Å². The lowest BCUT2D eigenvalue weighted by Gasteiger charge is -2.06. The molecule has 0 spiro atoms. The third-order valence-electron chi connectivity index (χ3n) is 2.69. The van der Waals surface area contributed by atoms with Crippen LogP contribution < -0.4 is 10.0 Å². The first-order chi connectivity index (χ1) is 9.45. The topological polar surface area (TPSA) is 58.2 Å². The van der Waals surface area contributed by atoms with Gasteiger partial charge in [0.2, 0.25) is 10.0 Å². The normalized spacial score (nSPS) is 12.2. The first kappa shape index (κ1) is 18.0. The predicted molar refractivity (Wildman–Crippen MR) is 89.1 cm³/mol. The van der Waals surface area contributed by atoms with Gasteiger partial charge in [0.05, 0.1) is 4.90 Å². The van der Waals surface area contributed by atoms with E-state index in [1.54, 1.807) is 23.2 Å². The van der Waals surface area contributed by atoms with Gasteiger partial charge < -0.3 is 5.32 Å². The van der Waals surface area contributed by atoms with Crippen LogP contribution in [0.2, 0.25) is 0 Å². The van der Waals surface area contributed by atoms with Crippen molar-refractivity contribution in [2.45, 2.75) is 44.2 Å². The van der Waals surface area contributed by atoms with Gasteiger partial charge in [-0.25, -0.2) is 13.1 Å². The molecule has 0 saturated heterocycles. The summed E-state index contributed by atoms with van der Waals surface area (Å²) in [6.07, 6.45) is 3.98. The fourth-order valence-electron chi connectivity index (χ4n) is 1.56. The van der Waals surface area contributed by atoms with Crippen LogP contribution in [-0.2, 0) is 16.6 Å². The molecule has 0 aromatic carbocycles. The Morgan fingerprint density at radius 3 is 2.75 bits per heavy atom. The van der Waals surface area contributed by atoms with Crippen LogP contribution in [-0.4, -0.2) is 33.0 Å². The summed E-state index contributed by atoms with van der Waals surface area (Å²) in [5.41, 5.74) is 0. The number of thioether (sulfide) groups is 1. The minimum Gasteiger partial charge on any atom is -0.310 e. The summed E-state index contributed by atoms with van der Waals surface area (Å²) < 4.78 is 26.8. The number of hydrogen-bond acceptors (Lipinski definition) is 5. The Morgan fingerprint density at radius 1 is 1.35 bits per heavy atom. The Hall–Kier alpha value is -0.0800. The second kappa shape index (κ2) is 9.04. The standard InChI is InChI=1S/C13H24N2O2S3/c1-11(2)14-9-12-8-13(10-19-12)20(16,17)15-6-4-5-7-18-3/h8,10-11,14-15H,4-7,9H2,1-3H3. The first-order valence-corrected chi connectivity index (χ1v) is 10.5. The quantitative estimate of drug-likeness (QED) is 0.645. The molecule has 0 atom stereocenters. The van der Waals surface area contributed by atoms with Gasteiger partial charge in [0, 0.05) is 29.4 Å². The van der Waals surface area contributed by atoms with E-state index >= 15 is 0 Å². The Bertz CT molecular complexity index is 484. The van der Waals surface area contributed by atoms with Crippen molar-refractivity contribution in [1.82, 2.24) is 10.0 Å². The molecule has 0 unspecified atom stereocenters. The predicted octanol–water partition coefficient (Wildman–Crippen LogP) is 2.67. The van der Waals surface area contributed by atoms with Crippen molar-refractivity contribution < 1.29 is 8.42 Å². The molecular weight excluding hydrogens is 312 g/mol. The Balaban J connectivity index is 2.46. The summed E-state index contributed by atoms with van der Waals surface area (Å²) in [4.78, 5) is 1.43. The number of thiophene rings is 1. The highest BCUT2D eigenvalue weighted by Gasteiger charge is 2.15. The van der Waals surface area contributed by atoms with E-state index in [0.717, 1.165) is 23.5 Å². The average Bonchev–Trinajstić information content (AvgIpc) is 2.85. The van der Waals surface area contributed by atoms with E-state index in [4.69, 9.17) is 0 Å². The summed E-state index contributed by atoms with van der Waals surface area (Å²) in [5.74, 6) is 1.07. The van der Waals surface area contributed by atoms with Gasteiger partial charge in [0.1, 0.15) is 0 Å². The third kappa shape index (κ3) is 6.58. The van der Waals surface area contributed by atoms with Crippen molar-refractivity contribution in [3.63, 3.8) is 0 Å². The zero-order valence-corrected chi connectivity index (χ0v) is 14.8. The fraction of sp³-hybridized carbons (Fsp3) is 0.692. The third-order valence-corrected chi connectivity index (χ3v) is 5.92. The van der Waals surface area contributed by atoms with Crippen molar-refractivity contribution in [2.24, 2.45) is 0 Å². The molecule has 0 radical (unpaired) electrons. The number of unbranched alkanes of at least 4 members (excludes halogenated alkanes) is 1. The van der Waals surface area contributed by atoms with E-state index in [1.807, 2.05) is 0 Å². The van der Waals surface area contributed by atoms with E-state index in [9.17, 15) is 8.42 Å². The lowest BCUT2D eigenvalue weighted by Crippen LogP contribution is -2.24. The molecule has 0 amide bonds. The Morgan fingerprint density at radius 2 is 2.10 bits per heavy atom. The molecule has 20 heavy (non-hydrogen) atoms. The molecule has 1 heterocycles. The molecule has 4 nitrogen and oxygen atoms in total. The average molecular weight is 337 g/mol. The lowest BCUT2D eigenvalue weighted by molar-refractivity contribution is 0.578. The molecular formula is C13H24N2O2S3. The van der Waals surface area contributed by atoms with E-state index in [0.29, 0.717) is 24.0 Å². The van der Waals surface area contributed by atoms with Crippen molar-refractivity contribution in [3.8, 4) is 0 Å². The summed E-state index contributed by atoms with van der Waals surface area (Å²) in [6.45, 7) is 5.37. The molecule has 0 aliphatic heterocycles. The molecule has 1 aromatic heterocycles. The van der Waals surface area contributed by atoms with Gasteiger partial charge in [-0.1, -0.05) is 13.8 Å². The van der Waals surface area contributed by atoms with Crippen LogP contribution in [0.3, 0.4) is 0 Å². The summed E-state index contributed by atoms with van der Waals surface area (Å²) in [7, 11) is -3.34. The van der Waals surface area contributed by atoms with E-state index in [-0.39, 0.29) is 0 Å². The summed E-state index contributed by atoms with van der Waals surface area (Å²) >= 11 is 3.27. The molecule has 2 N–H and O–H groups in total. The van der Waals surface area contributed by atoms with Crippen LogP contribution in [0.1, 0.15) is 31.6 Å². The molecule has 0 saturated carbocycles. The maximum atomic E-state index is 12.1. The Labute approximate surface area is 130 Å². The van der Waals surface area contributed by atoms with Gasteiger partial charge in [-0.3, -0.25) is 0 Å². The highest BCUT2D eigenvalue weighted by atomic mass is 32.2. The zero-order valence-electron chi connectivity index (χ0n) is 12.3. The van der Waals surface area contributed by atoms with Crippen LogP contribution in [0.5, 0.6) is 0 Å². The molecule has 0 aliphatic rings. The van der Waals surface area contributed by atoms with Gasteiger partial charge in [-0.05, 0) is 30.9 Å². The van der Waals surface area contributed by atoms with Crippen LogP contribution >= 0.6 is 23.1 Å². The van der Waals surface area contributed by atoms with Crippen LogP contribution in [0.25, 0.3) is 0 Å². The molecule has 0 fully saturated rings. The van der Waals surface area contributed by atoms with E-state index in [2.05, 4.69) is 30.1 Å². The van der Waals surface area contributed by atoms with Gasteiger partial charge in [-0.2, -0.15) is 11.8 Å². The zero-order chi connectivity index (χ0) is 15.0. The van der Waals surface area contributed by atoms with Crippen LogP contribution in [0.4, 0.5) is 0 Å². The summed E-state index contributed by atoms with van der Waals surface area (Å²) in [6, 6.07) is 2.15. The van der Waals surface area contributed by atoms with Gasteiger partial charge in [0.15, 0.2) is 0 Å². The minimum absolute atomic E-state index is 0.382. The largest absolute Gasteiger partial charge is 0.310 e. The number of hydrogen-bond donors (Lipinski definition) is 2. The molecule has 116 valence electrons. The molecule has 7 heteroatoms. The van der Waals surface area contributed by atoms with Gasteiger partial charge in [-0.15, -0.1) is 11.3 Å². The second-order valence-electron chi connectivity index (χ2n) is 4.88. The summed E-state index contributed by atoms with van der Waals surface area (Å²) in [5, 5.41) is 5.00. The maximum Gasteiger partial charge on any atom is 0.241 e. The fourth-order valence-corrected chi connectivity index (χ4v) is 4.35. The Kier molecular flexibility index (Phi) is 8.13.